The van der Waals surface area contributed by atoms with Crippen LogP contribution in [0.3, 0.4) is 0 Å². The molecule has 0 radical (unpaired) electrons. The highest BCUT2D eigenvalue weighted by molar-refractivity contribution is 7.14. The summed E-state index contributed by atoms with van der Waals surface area (Å²) >= 11 is 1.47. The van der Waals surface area contributed by atoms with Gasteiger partial charge in [0.05, 0.1) is 36.5 Å². The molecule has 1 heterocycles. The van der Waals surface area contributed by atoms with E-state index >= 15 is 0 Å². The first-order valence-corrected chi connectivity index (χ1v) is 27.6. The van der Waals surface area contributed by atoms with Crippen LogP contribution in [-0.2, 0) is 16.2 Å². The van der Waals surface area contributed by atoms with Gasteiger partial charge < -0.3 is 46.6 Å². The third-order valence-corrected chi connectivity index (χ3v) is 14.8. The number of aryl methyl sites for hydroxylation is 1. The third kappa shape index (κ3) is 18.3. The van der Waals surface area contributed by atoms with Crippen molar-refractivity contribution in [1.29, 1.82) is 0 Å². The zero-order chi connectivity index (χ0) is 57.9. The molecule has 8 rings (SSSR count). The van der Waals surface area contributed by atoms with Gasteiger partial charge in [0.15, 0.2) is 0 Å². The number of thiophene rings is 1. The van der Waals surface area contributed by atoms with E-state index in [0.29, 0.717) is 22.6 Å². The molecule has 6 aromatic rings. The number of carboxylic acid groups (broad SMARTS) is 2. The van der Waals surface area contributed by atoms with Crippen LogP contribution in [0.1, 0.15) is 154 Å². The number of ether oxygens (including phenoxy) is 1. The Morgan fingerprint density at radius 3 is 1.63 bits per heavy atom. The van der Waals surface area contributed by atoms with Crippen molar-refractivity contribution < 1.29 is 62.0 Å². The van der Waals surface area contributed by atoms with Gasteiger partial charge in [-0.3, -0.25) is 24.5 Å². The topological polar surface area (TPSA) is 245 Å². The molecule has 0 spiro atoms. The number of aliphatic hydroxyl groups excluding tert-OH is 1. The van der Waals surface area contributed by atoms with Gasteiger partial charge in [-0.25, -0.2) is 9.59 Å². The van der Waals surface area contributed by atoms with Crippen LogP contribution in [-0.4, -0.2) is 70.6 Å². The maximum Gasteiger partial charge on any atom is 0.573 e. The Labute approximate surface area is 471 Å². The smallest absolute Gasteiger partial charge is 0.481 e. The number of amides is 6. The lowest BCUT2D eigenvalue weighted by Crippen LogP contribution is -2.33. The van der Waals surface area contributed by atoms with Crippen LogP contribution in [0.5, 0.6) is 5.75 Å². The molecule has 2 aliphatic rings. The highest BCUT2D eigenvalue weighted by atomic mass is 32.1. The molecule has 16 nitrogen and oxygen atoms in total. The van der Waals surface area contributed by atoms with E-state index < -0.39 is 54.7 Å². The van der Waals surface area contributed by atoms with Crippen molar-refractivity contribution in [3.05, 3.63) is 188 Å². The molecule has 0 saturated heterocycles. The molecule has 9 N–H and O–H groups in total. The van der Waals surface area contributed by atoms with E-state index in [4.69, 9.17) is 10.2 Å². The third-order valence-electron chi connectivity index (χ3n) is 13.9. The van der Waals surface area contributed by atoms with Crippen molar-refractivity contribution in [2.75, 3.05) is 23.7 Å². The highest BCUT2D eigenvalue weighted by Gasteiger charge is 2.32. The molecule has 2 unspecified atom stereocenters. The van der Waals surface area contributed by atoms with Crippen molar-refractivity contribution in [3.8, 4) is 5.75 Å². The molecule has 1 aromatic heterocycles. The summed E-state index contributed by atoms with van der Waals surface area (Å²) in [6, 6.07) is 33.1. The number of urea groups is 2. The summed E-state index contributed by atoms with van der Waals surface area (Å²) in [5, 5.41) is 46.5. The van der Waals surface area contributed by atoms with E-state index in [1.165, 1.54) is 66.7 Å². The minimum absolute atomic E-state index is 0.0235. The molecule has 426 valence electrons. The predicted octanol–water partition coefficient (Wildman–Crippen LogP) is 12.4. The minimum Gasteiger partial charge on any atom is -0.481 e. The Balaban J connectivity index is 0.000000237. The van der Waals surface area contributed by atoms with Crippen LogP contribution in [0.2, 0.25) is 0 Å². The number of aliphatic carboxylic acids is 2. The molecule has 81 heavy (non-hydrogen) atoms. The number of hydrogen-bond donors (Lipinski definition) is 9. The first-order valence-electron chi connectivity index (χ1n) is 26.7. The number of allylic oxidation sites excluding steroid dienone is 2. The number of halogens is 3. The van der Waals surface area contributed by atoms with Crippen LogP contribution < -0.4 is 36.6 Å². The number of alkyl halides is 3. The van der Waals surface area contributed by atoms with Crippen molar-refractivity contribution in [2.24, 2.45) is 0 Å². The van der Waals surface area contributed by atoms with Gasteiger partial charge in [-0.1, -0.05) is 98.1 Å². The lowest BCUT2D eigenvalue weighted by molar-refractivity contribution is -0.275. The number of benzene rings is 5. The van der Waals surface area contributed by atoms with E-state index in [0.717, 1.165) is 64.6 Å². The second kappa shape index (κ2) is 29.1. The fraction of sp³-hybridized carbons (Fsp3) is 0.311. The van der Waals surface area contributed by atoms with E-state index in [-0.39, 0.29) is 49.1 Å². The monoisotopic (exact) mass is 1130 g/mol. The molecular formula is C61H65F3N6O10S. The first-order chi connectivity index (χ1) is 38.9. The van der Waals surface area contributed by atoms with Crippen LogP contribution in [0.15, 0.2) is 133 Å². The number of aliphatic hydroxyl groups is 1. The van der Waals surface area contributed by atoms with Crippen LogP contribution in [0, 0.1) is 6.92 Å². The van der Waals surface area contributed by atoms with Gasteiger partial charge in [0.25, 0.3) is 11.8 Å². The Morgan fingerprint density at radius 1 is 0.642 bits per heavy atom. The molecule has 2 aliphatic carbocycles. The van der Waals surface area contributed by atoms with E-state index in [2.05, 4.69) is 67.0 Å². The van der Waals surface area contributed by atoms with Crippen LogP contribution in [0.4, 0.5) is 33.4 Å². The number of carboxylic acids is 2. The SMILES string of the molecule is Cc1ccsc1NC(=O)NC(c1ccc(C(=O)NCCC(=O)O)cc1)c1ccc(C2CCCCC2)cc1.O=C(O)CCNC(=O)c1ccc(C(NC(=O)Nc2ccc(OC(F)(F)F)c(CO)c2)c2ccc(C3=CCCCC3)cc2)cc1. The zero-order valence-electron chi connectivity index (χ0n) is 44.6. The Bertz CT molecular complexity index is 3140. The van der Waals surface area contributed by atoms with Gasteiger partial charge in [-0.2, -0.15) is 0 Å². The summed E-state index contributed by atoms with van der Waals surface area (Å²) in [7, 11) is 0. The fourth-order valence-electron chi connectivity index (χ4n) is 9.60. The van der Waals surface area contributed by atoms with E-state index in [1.54, 1.807) is 36.4 Å². The van der Waals surface area contributed by atoms with Crippen LogP contribution >= 0.6 is 11.3 Å². The lowest BCUT2D eigenvalue weighted by Gasteiger charge is -2.24. The largest absolute Gasteiger partial charge is 0.573 e. The summed E-state index contributed by atoms with van der Waals surface area (Å²) in [6.45, 7) is 1.25. The summed E-state index contributed by atoms with van der Waals surface area (Å²) in [6.07, 6.45) is 7.54. The van der Waals surface area contributed by atoms with Gasteiger partial charge in [0, 0.05) is 35.5 Å². The normalized spacial score (nSPS) is 14.1. The molecule has 1 saturated carbocycles. The highest BCUT2D eigenvalue weighted by Crippen LogP contribution is 2.35. The fourth-order valence-corrected chi connectivity index (χ4v) is 10.4. The van der Waals surface area contributed by atoms with E-state index in [9.17, 15) is 47.0 Å². The summed E-state index contributed by atoms with van der Waals surface area (Å²) in [5.41, 5.74) is 8.57. The molecule has 0 bridgehead atoms. The summed E-state index contributed by atoms with van der Waals surface area (Å²) in [5.74, 6) is -2.75. The van der Waals surface area contributed by atoms with Gasteiger partial charge in [-0.15, -0.1) is 24.5 Å². The summed E-state index contributed by atoms with van der Waals surface area (Å²) in [4.78, 5) is 72.3. The van der Waals surface area contributed by atoms with Crippen molar-refractivity contribution in [2.45, 2.75) is 109 Å². The van der Waals surface area contributed by atoms with Gasteiger partial charge in [0.2, 0.25) is 0 Å². The number of nitrogens with one attached hydrogen (secondary N) is 6. The van der Waals surface area contributed by atoms with Crippen LogP contribution in [0.25, 0.3) is 5.57 Å². The van der Waals surface area contributed by atoms with Crippen molar-refractivity contribution >= 4 is 63.4 Å². The van der Waals surface area contributed by atoms with E-state index in [1.807, 2.05) is 54.8 Å². The number of anilines is 2. The minimum atomic E-state index is -4.94. The quantitative estimate of drug-likeness (QED) is 0.0350. The lowest BCUT2D eigenvalue weighted by atomic mass is 9.83. The average molecular weight is 1130 g/mol. The molecular weight excluding hydrogens is 1070 g/mol. The molecule has 1 fully saturated rings. The second-order valence-electron chi connectivity index (χ2n) is 19.7. The maximum atomic E-state index is 13.1. The number of carbonyl (C=O) groups excluding carboxylic acids is 4. The van der Waals surface area contributed by atoms with Gasteiger partial charge in [-0.05, 0) is 150 Å². The van der Waals surface area contributed by atoms with Crippen molar-refractivity contribution in [1.82, 2.24) is 21.3 Å². The van der Waals surface area contributed by atoms with Gasteiger partial charge in [0.1, 0.15) is 5.75 Å². The van der Waals surface area contributed by atoms with Gasteiger partial charge >= 0.3 is 30.4 Å². The second-order valence-corrected chi connectivity index (χ2v) is 20.6. The maximum absolute atomic E-state index is 13.1. The molecule has 5 aromatic carbocycles. The number of carbonyl (C=O) groups is 6. The molecule has 0 aliphatic heterocycles. The first kappa shape index (κ1) is 60.2. The predicted molar refractivity (Wildman–Crippen MR) is 303 cm³/mol. The zero-order valence-corrected chi connectivity index (χ0v) is 45.4. The Hall–Kier alpha value is -8.49. The molecule has 6 amide bonds. The Morgan fingerprint density at radius 2 is 1.16 bits per heavy atom. The summed E-state index contributed by atoms with van der Waals surface area (Å²) < 4.78 is 42.0. The molecule has 20 heteroatoms. The van der Waals surface area contributed by atoms with Crippen molar-refractivity contribution in [3.63, 3.8) is 0 Å². The standard InChI is InChI=1S/C32H32F3N3O6.C29H33N3O4S/c33-32(34,35)44-27-15-14-26(18-25(27)19-39)37-31(43)38-29(22-8-6-21(7-9-22)20-4-2-1-3-5-20)23-10-12-24(13-11-23)30(42)36-17-16-28(40)41;1-19-16-18-37-28(19)32-29(36)31-26(22-9-7-21(8-10-22)20-5-3-2-4-6-20)23-11-13-24(14-12-23)27(35)30-17-15-25(33)34/h4,6-15,18,29,39H,1-3,5,16-17,19H2,(H,36,42)(H,40,41)(H2,37,38,43);7-14,16,18,20,26H,2-6,15,17H2,1H3,(H,30,35)(H,33,34)(H2,31,32,36). The molecule has 2 atom stereocenters. The average Bonchev–Trinajstić information content (AvgIpc) is 3.94. The Kier molecular flexibility index (Phi) is 21.6. The number of hydrogen-bond acceptors (Lipinski definition) is 9. The number of rotatable bonds is 20.